The summed E-state index contributed by atoms with van der Waals surface area (Å²) in [6, 6.07) is 11.1. The highest BCUT2D eigenvalue weighted by Crippen LogP contribution is 2.33. The van der Waals surface area contributed by atoms with Gasteiger partial charge in [-0.1, -0.05) is 23.7 Å². The zero-order valence-electron chi connectivity index (χ0n) is 14.5. The Morgan fingerprint density at radius 2 is 1.93 bits per heavy atom. The molecule has 1 fully saturated rings. The summed E-state index contributed by atoms with van der Waals surface area (Å²) in [7, 11) is 0. The molecule has 0 aliphatic carbocycles. The number of piperazine rings is 1. The number of phenolic OH excluding ortho intramolecular Hbond substituents is 1. The van der Waals surface area contributed by atoms with Crippen LogP contribution in [0.1, 0.15) is 5.69 Å². The van der Waals surface area contributed by atoms with Crippen LogP contribution in [-0.2, 0) is 11.2 Å². The van der Waals surface area contributed by atoms with Crippen molar-refractivity contribution in [3.8, 4) is 15.6 Å². The number of thiazole rings is 1. The molecular formula is C19H18ClN3O2S2. The van der Waals surface area contributed by atoms with Crippen LogP contribution in [0.15, 0.2) is 41.8 Å². The summed E-state index contributed by atoms with van der Waals surface area (Å²) < 4.78 is 0.736. The number of halogens is 1. The summed E-state index contributed by atoms with van der Waals surface area (Å²) in [5.74, 6) is 0.369. The highest BCUT2D eigenvalue weighted by molar-refractivity contribution is 7.23. The number of anilines is 1. The minimum absolute atomic E-state index is 0.0907. The topological polar surface area (TPSA) is 56.7 Å². The van der Waals surface area contributed by atoms with E-state index in [-0.39, 0.29) is 11.7 Å². The molecule has 140 valence electrons. The lowest BCUT2D eigenvalue weighted by atomic mass is 10.2. The minimum atomic E-state index is 0.0907. The smallest absolute Gasteiger partial charge is 0.228 e. The Morgan fingerprint density at radius 1 is 1.15 bits per heavy atom. The Kier molecular flexibility index (Phi) is 5.33. The third-order valence-electron chi connectivity index (χ3n) is 4.52. The summed E-state index contributed by atoms with van der Waals surface area (Å²) in [6.07, 6.45) is 0.312. The Morgan fingerprint density at radius 3 is 2.63 bits per heavy atom. The molecule has 1 aliphatic heterocycles. The van der Waals surface area contributed by atoms with E-state index in [1.807, 2.05) is 40.6 Å². The molecule has 0 bridgehead atoms. The van der Waals surface area contributed by atoms with Crippen molar-refractivity contribution in [2.24, 2.45) is 0 Å². The molecule has 5 nitrogen and oxygen atoms in total. The molecule has 1 N–H and O–H groups in total. The normalized spacial score (nSPS) is 14.6. The van der Waals surface area contributed by atoms with E-state index in [0.29, 0.717) is 32.6 Å². The molecule has 0 saturated carbocycles. The van der Waals surface area contributed by atoms with Crippen LogP contribution in [0.2, 0.25) is 4.34 Å². The maximum Gasteiger partial charge on any atom is 0.228 e. The maximum absolute atomic E-state index is 12.6. The first-order valence-corrected chi connectivity index (χ1v) is 10.7. The van der Waals surface area contributed by atoms with Gasteiger partial charge in [0.2, 0.25) is 5.91 Å². The van der Waals surface area contributed by atoms with Gasteiger partial charge in [0, 0.05) is 31.6 Å². The van der Waals surface area contributed by atoms with E-state index in [1.54, 1.807) is 6.07 Å². The summed E-state index contributed by atoms with van der Waals surface area (Å²) in [5, 5.41) is 12.8. The molecule has 3 aromatic rings. The van der Waals surface area contributed by atoms with Crippen molar-refractivity contribution in [1.29, 1.82) is 0 Å². The lowest BCUT2D eigenvalue weighted by Gasteiger charge is -2.36. The van der Waals surface area contributed by atoms with Gasteiger partial charge in [-0.3, -0.25) is 4.79 Å². The van der Waals surface area contributed by atoms with Gasteiger partial charge in [-0.25, -0.2) is 4.98 Å². The fourth-order valence-electron chi connectivity index (χ4n) is 3.13. The van der Waals surface area contributed by atoms with Gasteiger partial charge < -0.3 is 14.9 Å². The van der Waals surface area contributed by atoms with Crippen molar-refractivity contribution in [1.82, 2.24) is 9.88 Å². The number of carbonyl (C=O) groups is 1. The summed E-state index contributed by atoms with van der Waals surface area (Å²) in [4.78, 5) is 22.2. The number of phenols is 1. The van der Waals surface area contributed by atoms with Crippen LogP contribution >= 0.6 is 34.3 Å². The molecule has 4 rings (SSSR count). The Bertz CT molecular complexity index is 948. The van der Waals surface area contributed by atoms with Gasteiger partial charge in [0.1, 0.15) is 10.8 Å². The number of amides is 1. The molecule has 3 heterocycles. The van der Waals surface area contributed by atoms with Gasteiger partial charge in [-0.2, -0.15) is 0 Å². The molecule has 1 saturated heterocycles. The molecular weight excluding hydrogens is 402 g/mol. The zero-order chi connectivity index (χ0) is 18.8. The minimum Gasteiger partial charge on any atom is -0.506 e. The number of thiophene rings is 1. The van der Waals surface area contributed by atoms with Crippen molar-refractivity contribution in [2.75, 3.05) is 31.1 Å². The molecule has 27 heavy (non-hydrogen) atoms. The quantitative estimate of drug-likeness (QED) is 0.691. The molecule has 2 aromatic heterocycles. The number of aromatic nitrogens is 1. The fourth-order valence-corrected chi connectivity index (χ4v) is 5.06. The predicted octanol–water partition coefficient (Wildman–Crippen LogP) is 4.12. The van der Waals surface area contributed by atoms with Crippen molar-refractivity contribution in [2.45, 2.75) is 6.42 Å². The monoisotopic (exact) mass is 419 g/mol. The van der Waals surface area contributed by atoms with Gasteiger partial charge in [0.25, 0.3) is 0 Å². The van der Waals surface area contributed by atoms with E-state index in [2.05, 4.69) is 9.88 Å². The Balaban J connectivity index is 1.35. The van der Waals surface area contributed by atoms with Crippen molar-refractivity contribution in [3.05, 3.63) is 51.8 Å². The number of aromatic hydroxyl groups is 1. The third kappa shape index (κ3) is 4.10. The summed E-state index contributed by atoms with van der Waals surface area (Å²) >= 11 is 9.01. The second-order valence-corrected chi connectivity index (χ2v) is 8.85. The summed E-state index contributed by atoms with van der Waals surface area (Å²) in [6.45, 7) is 2.70. The average molecular weight is 420 g/mol. The number of carbonyl (C=O) groups excluding carboxylic acids is 1. The van der Waals surface area contributed by atoms with Crippen molar-refractivity contribution < 1.29 is 9.90 Å². The molecule has 0 atom stereocenters. The Hall–Kier alpha value is -2.09. The first-order valence-electron chi connectivity index (χ1n) is 8.61. The van der Waals surface area contributed by atoms with Crippen LogP contribution < -0.4 is 4.90 Å². The zero-order valence-corrected chi connectivity index (χ0v) is 16.9. The molecule has 0 radical (unpaired) electrons. The van der Waals surface area contributed by atoms with E-state index in [1.165, 1.54) is 22.7 Å². The number of rotatable bonds is 4. The van der Waals surface area contributed by atoms with E-state index in [9.17, 15) is 9.90 Å². The lowest BCUT2D eigenvalue weighted by molar-refractivity contribution is -0.130. The van der Waals surface area contributed by atoms with Crippen LogP contribution in [0, 0.1) is 0 Å². The predicted molar refractivity (Wildman–Crippen MR) is 111 cm³/mol. The second kappa shape index (κ2) is 7.88. The molecule has 0 spiro atoms. The highest BCUT2D eigenvalue weighted by atomic mass is 35.5. The van der Waals surface area contributed by atoms with E-state index in [0.717, 1.165) is 25.6 Å². The van der Waals surface area contributed by atoms with Gasteiger partial charge in [0.15, 0.2) is 0 Å². The highest BCUT2D eigenvalue weighted by Gasteiger charge is 2.23. The molecule has 0 unspecified atom stereocenters. The SMILES string of the molecule is O=C(Cc1csc(-c2ccc(Cl)s2)n1)N1CCN(c2ccccc2O)CC1. The number of benzene rings is 1. The van der Waals surface area contributed by atoms with Crippen LogP contribution in [0.5, 0.6) is 5.75 Å². The number of para-hydroxylation sites is 2. The van der Waals surface area contributed by atoms with Gasteiger partial charge >= 0.3 is 0 Å². The number of hydrogen-bond acceptors (Lipinski definition) is 6. The van der Waals surface area contributed by atoms with Crippen molar-refractivity contribution >= 4 is 45.9 Å². The average Bonchev–Trinajstić information content (AvgIpc) is 3.31. The van der Waals surface area contributed by atoms with Crippen LogP contribution in [0.3, 0.4) is 0 Å². The first-order chi connectivity index (χ1) is 13.1. The second-order valence-electron chi connectivity index (χ2n) is 6.28. The first kappa shape index (κ1) is 18.3. The van der Waals surface area contributed by atoms with E-state index < -0.39 is 0 Å². The Labute approximate surface area is 170 Å². The maximum atomic E-state index is 12.6. The van der Waals surface area contributed by atoms with Crippen LogP contribution in [0.25, 0.3) is 9.88 Å². The van der Waals surface area contributed by atoms with Crippen molar-refractivity contribution in [3.63, 3.8) is 0 Å². The molecule has 1 amide bonds. The van der Waals surface area contributed by atoms with Crippen LogP contribution in [0.4, 0.5) is 5.69 Å². The number of nitrogens with zero attached hydrogens (tertiary/aromatic N) is 3. The molecule has 8 heteroatoms. The van der Waals surface area contributed by atoms with E-state index >= 15 is 0 Å². The summed E-state index contributed by atoms with van der Waals surface area (Å²) in [5.41, 5.74) is 1.62. The van der Waals surface area contributed by atoms with Crippen LogP contribution in [-0.4, -0.2) is 47.1 Å². The fraction of sp³-hybridized carbons (Fsp3) is 0.263. The van der Waals surface area contributed by atoms with E-state index in [4.69, 9.17) is 11.6 Å². The van der Waals surface area contributed by atoms with Gasteiger partial charge in [-0.15, -0.1) is 22.7 Å². The van der Waals surface area contributed by atoms with Gasteiger partial charge in [-0.05, 0) is 24.3 Å². The number of hydrogen-bond donors (Lipinski definition) is 1. The third-order valence-corrected chi connectivity index (χ3v) is 6.81. The standard InChI is InChI=1S/C19H18ClN3O2S2/c20-17-6-5-16(27-17)19-21-13(12-26-19)11-18(25)23-9-7-22(8-10-23)14-3-1-2-4-15(14)24/h1-6,12,24H,7-11H2. The lowest BCUT2D eigenvalue weighted by Crippen LogP contribution is -2.49. The molecule has 1 aromatic carbocycles. The molecule has 1 aliphatic rings. The van der Waals surface area contributed by atoms with Gasteiger partial charge in [0.05, 0.1) is 27.0 Å². The largest absolute Gasteiger partial charge is 0.506 e.